The van der Waals surface area contributed by atoms with Crippen molar-refractivity contribution in [1.82, 2.24) is 4.31 Å². The van der Waals surface area contributed by atoms with Gasteiger partial charge in [0.1, 0.15) is 10.6 Å². The fraction of sp³-hybridized carbons (Fsp3) is 0.300. The van der Waals surface area contributed by atoms with Crippen molar-refractivity contribution in [1.29, 1.82) is 0 Å². The Bertz CT molecular complexity index is 1050. The van der Waals surface area contributed by atoms with Crippen LogP contribution in [-0.4, -0.2) is 51.4 Å². The number of anilines is 1. The summed E-state index contributed by atoms with van der Waals surface area (Å²) in [6.07, 6.45) is 1.61. The molecule has 8 nitrogen and oxygen atoms in total. The van der Waals surface area contributed by atoms with Crippen LogP contribution in [-0.2, 0) is 19.6 Å². The second-order valence-corrected chi connectivity index (χ2v) is 8.92. The van der Waals surface area contributed by atoms with Crippen molar-refractivity contribution in [3.63, 3.8) is 0 Å². The molecule has 0 aliphatic carbocycles. The van der Waals surface area contributed by atoms with Crippen molar-refractivity contribution in [2.45, 2.75) is 17.7 Å². The summed E-state index contributed by atoms with van der Waals surface area (Å²) < 4.78 is 36.8. The molecule has 0 atom stereocenters. The topological polar surface area (TPSA) is 102 Å². The lowest BCUT2D eigenvalue weighted by Crippen LogP contribution is -2.28. The van der Waals surface area contributed by atoms with Crippen molar-refractivity contribution in [3.8, 4) is 5.75 Å². The monoisotopic (exact) mass is 452 g/mol. The number of carbonyl (C=O) groups is 2. The van der Waals surface area contributed by atoms with Gasteiger partial charge in [-0.2, -0.15) is 4.31 Å². The predicted molar refractivity (Wildman–Crippen MR) is 111 cm³/mol. The van der Waals surface area contributed by atoms with Gasteiger partial charge in [-0.1, -0.05) is 17.7 Å². The minimum Gasteiger partial charge on any atom is -0.482 e. The standard InChI is InChI=1S/C20H21ClN2O6S/c1-28-19(24)13-29-16-6-4-5-14(11-16)20(25)22-15-7-8-17(21)18(12-15)30(26,27)23-9-2-3-10-23/h4-8,11-12H,2-3,9-10,13H2,1H3,(H,22,25). The molecule has 160 valence electrons. The Labute approximate surface area is 179 Å². The summed E-state index contributed by atoms with van der Waals surface area (Å²) in [6.45, 7) is 0.623. The van der Waals surface area contributed by atoms with Crippen LogP contribution in [0.15, 0.2) is 47.4 Å². The molecule has 1 N–H and O–H groups in total. The van der Waals surface area contributed by atoms with Gasteiger partial charge in [0, 0.05) is 24.3 Å². The first-order valence-corrected chi connectivity index (χ1v) is 11.0. The van der Waals surface area contributed by atoms with Gasteiger partial charge in [0.2, 0.25) is 10.0 Å². The molecule has 1 heterocycles. The minimum absolute atomic E-state index is 0.0426. The van der Waals surface area contributed by atoms with Gasteiger partial charge in [-0.3, -0.25) is 4.79 Å². The van der Waals surface area contributed by atoms with Gasteiger partial charge < -0.3 is 14.8 Å². The van der Waals surface area contributed by atoms with E-state index in [2.05, 4.69) is 10.1 Å². The number of nitrogens with zero attached hydrogens (tertiary/aromatic N) is 1. The number of carbonyl (C=O) groups excluding carboxylic acids is 2. The molecule has 0 spiro atoms. The molecule has 1 saturated heterocycles. The first-order valence-electron chi connectivity index (χ1n) is 9.22. The zero-order valence-electron chi connectivity index (χ0n) is 16.3. The average molecular weight is 453 g/mol. The Balaban J connectivity index is 1.77. The highest BCUT2D eigenvalue weighted by atomic mass is 35.5. The van der Waals surface area contributed by atoms with Crippen molar-refractivity contribution >= 4 is 39.2 Å². The first kappa shape index (κ1) is 22.1. The number of hydrogen-bond donors (Lipinski definition) is 1. The number of halogens is 1. The maximum absolute atomic E-state index is 12.8. The third-order valence-electron chi connectivity index (χ3n) is 4.55. The fourth-order valence-electron chi connectivity index (χ4n) is 2.98. The molecule has 2 aromatic rings. The first-order chi connectivity index (χ1) is 14.3. The third kappa shape index (κ3) is 5.10. The minimum atomic E-state index is -3.73. The summed E-state index contributed by atoms with van der Waals surface area (Å²) in [7, 11) is -2.48. The SMILES string of the molecule is COC(=O)COc1cccc(C(=O)Nc2ccc(Cl)c(S(=O)(=O)N3CCCC3)c2)c1. The second-order valence-electron chi connectivity index (χ2n) is 6.60. The Hall–Kier alpha value is -2.62. The molecule has 1 fully saturated rings. The lowest BCUT2D eigenvalue weighted by Gasteiger charge is -2.17. The van der Waals surface area contributed by atoms with E-state index in [1.807, 2.05) is 0 Å². The number of ether oxygens (including phenoxy) is 2. The molecule has 3 rings (SSSR count). The van der Waals surface area contributed by atoms with Crippen molar-refractivity contribution in [3.05, 3.63) is 53.1 Å². The molecule has 2 aromatic carbocycles. The van der Waals surface area contributed by atoms with Crippen LogP contribution in [0.25, 0.3) is 0 Å². The Morgan fingerprint density at radius 3 is 2.57 bits per heavy atom. The van der Waals surface area contributed by atoms with Crippen LogP contribution in [0.5, 0.6) is 5.75 Å². The van der Waals surface area contributed by atoms with Crippen LogP contribution in [0, 0.1) is 0 Å². The molecule has 30 heavy (non-hydrogen) atoms. The average Bonchev–Trinajstić information content (AvgIpc) is 3.29. The Morgan fingerprint density at radius 1 is 1.13 bits per heavy atom. The van der Waals surface area contributed by atoms with Crippen LogP contribution >= 0.6 is 11.6 Å². The van der Waals surface area contributed by atoms with E-state index in [1.54, 1.807) is 18.2 Å². The second kappa shape index (κ2) is 9.46. The smallest absolute Gasteiger partial charge is 0.343 e. The van der Waals surface area contributed by atoms with Crippen LogP contribution in [0.3, 0.4) is 0 Å². The number of rotatable bonds is 7. The number of benzene rings is 2. The summed E-state index contributed by atoms with van der Waals surface area (Å²) in [4.78, 5) is 23.8. The van der Waals surface area contributed by atoms with Gasteiger partial charge in [-0.05, 0) is 49.2 Å². The molecular formula is C20H21ClN2O6S. The predicted octanol–water partition coefficient (Wildman–Crippen LogP) is 2.93. The van der Waals surface area contributed by atoms with Crippen molar-refractivity contribution in [2.24, 2.45) is 0 Å². The fourth-order valence-corrected chi connectivity index (χ4v) is 5.00. The van der Waals surface area contributed by atoms with Crippen molar-refractivity contribution in [2.75, 3.05) is 32.1 Å². The number of sulfonamides is 1. The number of hydrogen-bond acceptors (Lipinski definition) is 6. The van der Waals surface area contributed by atoms with Gasteiger partial charge in [0.15, 0.2) is 6.61 Å². The van der Waals surface area contributed by atoms with E-state index in [0.717, 1.165) is 12.8 Å². The largest absolute Gasteiger partial charge is 0.482 e. The maximum atomic E-state index is 12.8. The lowest BCUT2D eigenvalue weighted by molar-refractivity contribution is -0.142. The Kier molecular flexibility index (Phi) is 6.96. The molecule has 0 bridgehead atoms. The van der Waals surface area contributed by atoms with E-state index in [1.165, 1.54) is 35.7 Å². The molecule has 0 aromatic heterocycles. The Morgan fingerprint density at radius 2 is 1.87 bits per heavy atom. The summed E-state index contributed by atoms with van der Waals surface area (Å²) in [5.41, 5.74) is 0.569. The quantitative estimate of drug-likeness (QED) is 0.648. The molecule has 1 aliphatic rings. The van der Waals surface area contributed by atoms with E-state index in [4.69, 9.17) is 16.3 Å². The summed E-state index contributed by atoms with van der Waals surface area (Å²) >= 11 is 6.13. The van der Waals surface area contributed by atoms with Crippen LogP contribution in [0.2, 0.25) is 5.02 Å². The number of nitrogens with one attached hydrogen (secondary N) is 1. The van der Waals surface area contributed by atoms with Crippen molar-refractivity contribution < 1.29 is 27.5 Å². The van der Waals surface area contributed by atoms with Crippen LogP contribution in [0.4, 0.5) is 5.69 Å². The normalized spacial score (nSPS) is 14.3. The number of amides is 1. The number of esters is 1. The van der Waals surface area contributed by atoms with Gasteiger partial charge >= 0.3 is 5.97 Å². The lowest BCUT2D eigenvalue weighted by atomic mass is 10.2. The molecule has 0 unspecified atom stereocenters. The summed E-state index contributed by atoms with van der Waals surface area (Å²) in [5, 5.41) is 2.76. The van der Waals surface area contributed by atoms with Gasteiger partial charge in [-0.25, -0.2) is 13.2 Å². The van der Waals surface area contributed by atoms with E-state index in [0.29, 0.717) is 24.5 Å². The van der Waals surface area contributed by atoms with Crippen LogP contribution < -0.4 is 10.1 Å². The van der Waals surface area contributed by atoms with Gasteiger partial charge in [0.05, 0.1) is 12.1 Å². The molecule has 1 aliphatic heterocycles. The highest BCUT2D eigenvalue weighted by Crippen LogP contribution is 2.30. The molecular weight excluding hydrogens is 432 g/mol. The summed E-state index contributed by atoms with van der Waals surface area (Å²) in [6, 6.07) is 10.6. The van der Waals surface area contributed by atoms with E-state index in [9.17, 15) is 18.0 Å². The molecule has 0 radical (unpaired) electrons. The van der Waals surface area contributed by atoms with Gasteiger partial charge in [0.25, 0.3) is 5.91 Å². The zero-order valence-corrected chi connectivity index (χ0v) is 17.8. The molecule has 10 heteroatoms. The van der Waals surface area contributed by atoms with E-state index < -0.39 is 21.9 Å². The highest BCUT2D eigenvalue weighted by molar-refractivity contribution is 7.89. The van der Waals surface area contributed by atoms with E-state index >= 15 is 0 Å². The third-order valence-corrected chi connectivity index (χ3v) is 6.93. The number of methoxy groups -OCH3 is 1. The molecule has 0 saturated carbocycles. The molecule has 1 amide bonds. The van der Waals surface area contributed by atoms with E-state index in [-0.39, 0.29) is 22.1 Å². The highest BCUT2D eigenvalue weighted by Gasteiger charge is 2.29. The maximum Gasteiger partial charge on any atom is 0.343 e. The summed E-state index contributed by atoms with van der Waals surface area (Å²) in [5.74, 6) is -0.690. The van der Waals surface area contributed by atoms with Gasteiger partial charge in [-0.15, -0.1) is 0 Å². The zero-order chi connectivity index (χ0) is 21.7. The van der Waals surface area contributed by atoms with Crippen LogP contribution in [0.1, 0.15) is 23.2 Å².